The molecule has 9 heteroatoms. The van der Waals surface area contributed by atoms with E-state index in [-0.39, 0.29) is 18.8 Å². The maximum Gasteiger partial charge on any atom is 0.408 e. The summed E-state index contributed by atoms with van der Waals surface area (Å²) in [6, 6.07) is 6.15. The summed E-state index contributed by atoms with van der Waals surface area (Å²) in [5.74, 6) is -1.38. The number of alkyl halides is 3. The van der Waals surface area contributed by atoms with Crippen LogP contribution < -0.4 is 14.4 Å². The molecule has 5 nitrogen and oxygen atoms in total. The first kappa shape index (κ1) is 22.4. The molecule has 0 saturated heterocycles. The molecule has 1 aromatic rings. The first-order chi connectivity index (χ1) is 13.1. The Hall–Kier alpha value is -1.84. The van der Waals surface area contributed by atoms with Gasteiger partial charge in [-0.1, -0.05) is 25.8 Å². The Balaban J connectivity index is 2.38. The fourth-order valence-corrected chi connectivity index (χ4v) is 4.73. The zero-order chi connectivity index (χ0) is 20.8. The molecular weight excluding hydrogens is 393 g/mol. The summed E-state index contributed by atoms with van der Waals surface area (Å²) in [4.78, 5) is 0. The molecule has 2 N–H and O–H groups in total. The van der Waals surface area contributed by atoms with Crippen molar-refractivity contribution in [2.24, 2.45) is 5.73 Å². The predicted octanol–water partition coefficient (Wildman–Crippen LogP) is 3.87. The largest absolute Gasteiger partial charge is 0.494 e. The lowest BCUT2D eigenvalue weighted by Gasteiger charge is -2.34. The van der Waals surface area contributed by atoms with E-state index in [0.717, 1.165) is 19.3 Å². The van der Waals surface area contributed by atoms with Crippen LogP contribution in [-0.2, 0) is 10.0 Å². The Morgan fingerprint density at radius 1 is 1.18 bits per heavy atom. The number of rotatable bonds is 9. The van der Waals surface area contributed by atoms with E-state index in [9.17, 15) is 21.6 Å². The van der Waals surface area contributed by atoms with E-state index in [1.54, 1.807) is 18.2 Å². The van der Waals surface area contributed by atoms with Crippen LogP contribution in [0.1, 0.15) is 26.2 Å². The van der Waals surface area contributed by atoms with Crippen LogP contribution in [0.4, 0.5) is 18.9 Å². The number of ether oxygens (including phenoxy) is 1. The molecule has 156 valence electrons. The molecule has 0 aromatic heterocycles. The van der Waals surface area contributed by atoms with Gasteiger partial charge in [-0.3, -0.25) is 0 Å². The van der Waals surface area contributed by atoms with Crippen LogP contribution in [0.5, 0.6) is 5.75 Å². The molecule has 1 heterocycles. The third-order valence-electron chi connectivity index (χ3n) is 4.45. The molecule has 28 heavy (non-hydrogen) atoms. The summed E-state index contributed by atoms with van der Waals surface area (Å²) in [6.07, 6.45) is 2.60. The first-order valence-corrected chi connectivity index (χ1v) is 10.7. The fraction of sp³-hybridized carbons (Fsp3) is 0.474. The SMILES string of the molecule is CCCCCOc1ccc([N+]2(S(=O)(=O)CC(F)(F)F)C=C(CN)C=CC2)cc1. The third-order valence-corrected chi connectivity index (χ3v) is 6.60. The Kier molecular flexibility index (Phi) is 7.30. The van der Waals surface area contributed by atoms with Crippen molar-refractivity contribution in [1.29, 1.82) is 0 Å². The van der Waals surface area contributed by atoms with Gasteiger partial charge in [-0.2, -0.15) is 25.5 Å². The molecule has 0 radical (unpaired) electrons. The third kappa shape index (κ3) is 5.36. The number of halogens is 3. The van der Waals surface area contributed by atoms with Crippen molar-refractivity contribution in [1.82, 2.24) is 3.89 Å². The van der Waals surface area contributed by atoms with Crippen LogP contribution in [-0.4, -0.2) is 40.0 Å². The van der Waals surface area contributed by atoms with E-state index < -0.39 is 25.8 Å². The highest BCUT2D eigenvalue weighted by Gasteiger charge is 2.50. The van der Waals surface area contributed by atoms with Gasteiger partial charge in [0.05, 0.1) is 6.61 Å². The van der Waals surface area contributed by atoms with Crippen LogP contribution in [0.15, 0.2) is 48.2 Å². The van der Waals surface area contributed by atoms with E-state index in [4.69, 9.17) is 10.5 Å². The maximum absolute atomic E-state index is 13.0. The van der Waals surface area contributed by atoms with Gasteiger partial charge in [0.25, 0.3) is 0 Å². The summed E-state index contributed by atoms with van der Waals surface area (Å²) in [7, 11) is -4.65. The molecule has 1 unspecified atom stereocenters. The Morgan fingerprint density at radius 3 is 2.43 bits per heavy atom. The highest BCUT2D eigenvalue weighted by Crippen LogP contribution is 2.36. The lowest BCUT2D eigenvalue weighted by molar-refractivity contribution is -0.106. The Bertz CT molecular complexity index is 818. The zero-order valence-corrected chi connectivity index (χ0v) is 16.6. The van der Waals surface area contributed by atoms with E-state index >= 15 is 0 Å². The smallest absolute Gasteiger partial charge is 0.408 e. The number of hydrogen-bond donors (Lipinski definition) is 1. The van der Waals surface area contributed by atoms with Crippen molar-refractivity contribution in [3.8, 4) is 5.75 Å². The first-order valence-electron chi connectivity index (χ1n) is 9.13. The average Bonchev–Trinajstić information content (AvgIpc) is 2.63. The second kappa shape index (κ2) is 9.11. The second-order valence-electron chi connectivity index (χ2n) is 6.68. The van der Waals surface area contributed by atoms with Crippen molar-refractivity contribution in [2.45, 2.75) is 32.4 Å². The standard InChI is InChI=1S/C19H26F3N2O3S/c1-2-3-4-12-27-18-9-7-17(8-10-18)24(11-5-6-16(13-23)14-24)28(25,26)15-19(20,21)22/h5-10,14H,2-4,11-13,15,23H2,1H3/q+1. The number of nitrogens with zero attached hydrogens (tertiary/aromatic N) is 1. The number of benzene rings is 1. The molecule has 0 spiro atoms. The van der Waals surface area contributed by atoms with Gasteiger partial charge in [-0.15, -0.1) is 0 Å². The number of sulfonamides is 1. The molecule has 0 aliphatic carbocycles. The van der Waals surface area contributed by atoms with Crippen molar-refractivity contribution in [2.75, 3.05) is 25.4 Å². The molecule has 1 aromatic carbocycles. The highest BCUT2D eigenvalue weighted by molar-refractivity contribution is 7.91. The summed E-state index contributed by atoms with van der Waals surface area (Å²) in [5.41, 5.74) is 6.27. The summed E-state index contributed by atoms with van der Waals surface area (Å²) in [6.45, 7) is 2.49. The summed E-state index contributed by atoms with van der Waals surface area (Å²) < 4.78 is 69.2. The van der Waals surface area contributed by atoms with Gasteiger partial charge >= 0.3 is 16.2 Å². The topological polar surface area (TPSA) is 69.4 Å². The van der Waals surface area contributed by atoms with Crippen LogP contribution in [0.2, 0.25) is 0 Å². The molecule has 0 amide bonds. The summed E-state index contributed by atoms with van der Waals surface area (Å²) >= 11 is 0. The minimum atomic E-state index is -4.84. The highest BCUT2D eigenvalue weighted by atomic mass is 32.2. The van der Waals surface area contributed by atoms with E-state index in [1.807, 2.05) is 0 Å². The van der Waals surface area contributed by atoms with Gasteiger partial charge < -0.3 is 10.5 Å². The molecule has 0 bridgehead atoms. The van der Waals surface area contributed by atoms with Crippen molar-refractivity contribution < 1.29 is 26.3 Å². The number of unbranched alkanes of at least 4 members (excludes halogenated alkanes) is 2. The Labute approximate surface area is 163 Å². The lowest BCUT2D eigenvalue weighted by atomic mass is 10.2. The minimum Gasteiger partial charge on any atom is -0.494 e. The van der Waals surface area contributed by atoms with E-state index in [2.05, 4.69) is 6.92 Å². The van der Waals surface area contributed by atoms with Crippen LogP contribution >= 0.6 is 0 Å². The summed E-state index contributed by atoms with van der Waals surface area (Å²) in [5, 5.41) is 0. The monoisotopic (exact) mass is 419 g/mol. The van der Waals surface area contributed by atoms with Gasteiger partial charge in [-0.05, 0) is 24.6 Å². The average molecular weight is 419 g/mol. The number of hydrogen-bond acceptors (Lipinski definition) is 4. The lowest BCUT2D eigenvalue weighted by Crippen LogP contribution is -2.54. The van der Waals surface area contributed by atoms with Gasteiger partial charge in [0.1, 0.15) is 18.5 Å². The molecule has 1 aliphatic heterocycles. The predicted molar refractivity (Wildman–Crippen MR) is 104 cm³/mol. The van der Waals surface area contributed by atoms with Gasteiger partial charge in [0, 0.05) is 24.3 Å². The minimum absolute atomic E-state index is 0.0245. The number of nitrogens with two attached hydrogens (primary N) is 1. The van der Waals surface area contributed by atoms with E-state index in [1.165, 1.54) is 24.4 Å². The fourth-order valence-electron chi connectivity index (χ4n) is 3.04. The number of quaternary nitrogens is 1. The molecular formula is C19H26F3N2O3S+. The molecule has 1 aliphatic rings. The second-order valence-corrected chi connectivity index (χ2v) is 8.78. The molecule has 0 saturated carbocycles. The van der Waals surface area contributed by atoms with Crippen LogP contribution in [0.3, 0.4) is 0 Å². The van der Waals surface area contributed by atoms with Gasteiger partial charge in [0.2, 0.25) is 0 Å². The Morgan fingerprint density at radius 2 is 1.86 bits per heavy atom. The van der Waals surface area contributed by atoms with Crippen LogP contribution in [0, 0.1) is 0 Å². The van der Waals surface area contributed by atoms with Crippen molar-refractivity contribution in [3.63, 3.8) is 0 Å². The van der Waals surface area contributed by atoms with Crippen LogP contribution in [0.25, 0.3) is 0 Å². The van der Waals surface area contributed by atoms with Crippen molar-refractivity contribution >= 4 is 15.7 Å². The van der Waals surface area contributed by atoms with Crippen molar-refractivity contribution in [3.05, 3.63) is 48.2 Å². The molecule has 1 atom stereocenters. The maximum atomic E-state index is 13.0. The van der Waals surface area contributed by atoms with Gasteiger partial charge in [-0.25, -0.2) is 0 Å². The van der Waals surface area contributed by atoms with E-state index in [0.29, 0.717) is 17.9 Å². The zero-order valence-electron chi connectivity index (χ0n) is 15.8. The quantitative estimate of drug-likeness (QED) is 0.487. The van der Waals surface area contributed by atoms with Gasteiger partial charge in [0.15, 0.2) is 11.4 Å². The molecule has 2 rings (SSSR count). The normalized spacial score (nSPS) is 20.1. The molecule has 0 fully saturated rings.